The van der Waals surface area contributed by atoms with Gasteiger partial charge in [-0.2, -0.15) is 0 Å². The number of carbonyl (C=O) groups is 1. The molecule has 2 nitrogen and oxygen atoms in total. The van der Waals surface area contributed by atoms with Gasteiger partial charge in [-0.25, -0.2) is 0 Å². The van der Waals surface area contributed by atoms with Crippen LogP contribution in [0.3, 0.4) is 0 Å². The number of hydrogen-bond donors (Lipinski definition) is 0. The van der Waals surface area contributed by atoms with Crippen molar-refractivity contribution in [2.75, 3.05) is 6.54 Å². The van der Waals surface area contributed by atoms with Gasteiger partial charge in [-0.05, 0) is 13.8 Å². The van der Waals surface area contributed by atoms with E-state index in [1.165, 1.54) is 0 Å². The quantitative estimate of drug-likeness (QED) is 0.512. The van der Waals surface area contributed by atoms with Crippen LogP contribution < -0.4 is 0 Å². The van der Waals surface area contributed by atoms with Crippen molar-refractivity contribution >= 4 is 17.7 Å². The third-order valence-corrected chi connectivity index (χ3v) is 4.07. The molecule has 2 atom stereocenters. The van der Waals surface area contributed by atoms with Crippen molar-refractivity contribution in [3.8, 4) is 0 Å². The van der Waals surface area contributed by atoms with Crippen LogP contribution in [0.1, 0.15) is 20.8 Å². The topological polar surface area (TPSA) is 20.3 Å². The van der Waals surface area contributed by atoms with Gasteiger partial charge in [0.1, 0.15) is 0 Å². The highest BCUT2D eigenvalue weighted by Crippen LogP contribution is 2.48. The Morgan fingerprint density at radius 2 is 2.27 bits per heavy atom. The molecule has 1 unspecified atom stereocenters. The summed E-state index contributed by atoms with van der Waals surface area (Å²) in [5, 5.41) is 0.484. The van der Waals surface area contributed by atoms with Crippen molar-refractivity contribution in [3.63, 3.8) is 0 Å². The first-order chi connectivity index (χ1) is 5.01. The van der Waals surface area contributed by atoms with Crippen molar-refractivity contribution in [2.45, 2.75) is 30.9 Å². The van der Waals surface area contributed by atoms with Crippen molar-refractivity contribution in [1.29, 1.82) is 0 Å². The van der Waals surface area contributed by atoms with Gasteiger partial charge < -0.3 is 4.90 Å². The third kappa shape index (κ3) is 0.901. The van der Waals surface area contributed by atoms with Crippen LogP contribution in [-0.4, -0.2) is 27.5 Å². The molecule has 2 saturated heterocycles. The van der Waals surface area contributed by atoms with Gasteiger partial charge >= 0.3 is 0 Å². The first-order valence-corrected chi connectivity index (χ1v) is 4.87. The van der Waals surface area contributed by atoms with Gasteiger partial charge in [0.15, 0.2) is 0 Å². The van der Waals surface area contributed by atoms with E-state index in [1.54, 1.807) is 0 Å². The zero-order valence-corrected chi connectivity index (χ0v) is 7.94. The molecule has 3 heteroatoms. The molecule has 0 saturated carbocycles. The normalized spacial score (nSPS) is 40.3. The van der Waals surface area contributed by atoms with Crippen molar-refractivity contribution < 1.29 is 4.79 Å². The van der Waals surface area contributed by atoms with Gasteiger partial charge in [0.05, 0.1) is 11.3 Å². The summed E-state index contributed by atoms with van der Waals surface area (Å²) in [5.74, 6) is 0.606. The molecular formula is C8H13NOS. The maximum Gasteiger partial charge on any atom is 0.229 e. The Labute approximate surface area is 71.3 Å². The molecule has 2 rings (SSSR count). The Morgan fingerprint density at radius 3 is 2.82 bits per heavy atom. The fourth-order valence-electron chi connectivity index (χ4n) is 1.80. The fraction of sp³-hybridized carbons (Fsp3) is 0.875. The highest BCUT2D eigenvalue weighted by Gasteiger charge is 2.53. The molecule has 0 aromatic carbocycles. The minimum atomic E-state index is 0.266. The van der Waals surface area contributed by atoms with Crippen LogP contribution in [0.15, 0.2) is 0 Å². The molecule has 11 heavy (non-hydrogen) atoms. The first kappa shape index (κ1) is 7.47. The zero-order valence-electron chi connectivity index (χ0n) is 7.13. The number of β-lactam (4-membered cyclic amide) rings is 1. The van der Waals surface area contributed by atoms with Crippen LogP contribution in [0.2, 0.25) is 0 Å². The second kappa shape index (κ2) is 1.94. The lowest BCUT2D eigenvalue weighted by Gasteiger charge is -2.39. The van der Waals surface area contributed by atoms with Gasteiger partial charge in [0, 0.05) is 11.3 Å². The summed E-state index contributed by atoms with van der Waals surface area (Å²) in [6.07, 6.45) is 0. The van der Waals surface area contributed by atoms with Gasteiger partial charge in [0.2, 0.25) is 5.91 Å². The summed E-state index contributed by atoms with van der Waals surface area (Å²) in [5.41, 5.74) is 0. The van der Waals surface area contributed by atoms with Gasteiger partial charge in [-0.15, -0.1) is 11.8 Å². The summed E-state index contributed by atoms with van der Waals surface area (Å²) >= 11 is 1.93. The van der Waals surface area contributed by atoms with Crippen molar-refractivity contribution in [1.82, 2.24) is 4.90 Å². The Kier molecular flexibility index (Phi) is 1.32. The lowest BCUT2D eigenvalue weighted by molar-refractivity contribution is -0.148. The van der Waals surface area contributed by atoms with Crippen LogP contribution >= 0.6 is 11.8 Å². The molecule has 1 amide bonds. The van der Waals surface area contributed by atoms with E-state index in [0.29, 0.717) is 11.3 Å². The van der Waals surface area contributed by atoms with Gasteiger partial charge in [0.25, 0.3) is 0 Å². The second-order valence-corrected chi connectivity index (χ2v) is 5.85. The number of nitrogens with zero attached hydrogens (tertiary/aromatic N) is 1. The minimum absolute atomic E-state index is 0.266. The van der Waals surface area contributed by atoms with Crippen molar-refractivity contribution in [3.05, 3.63) is 0 Å². The summed E-state index contributed by atoms with van der Waals surface area (Å²) in [6.45, 7) is 7.37. The summed E-state index contributed by atoms with van der Waals surface area (Å²) < 4.78 is 0.283. The lowest BCUT2D eigenvalue weighted by atomic mass is 10.00. The molecule has 62 valence electrons. The SMILES string of the molecule is C[C@@H]1C(=O)N2CC(C)(C)SC12. The lowest BCUT2D eigenvalue weighted by Crippen LogP contribution is -2.55. The van der Waals surface area contributed by atoms with E-state index >= 15 is 0 Å². The number of carbonyl (C=O) groups excluding carboxylic acids is 1. The van der Waals surface area contributed by atoms with Crippen LogP contribution in [0.5, 0.6) is 0 Å². The zero-order chi connectivity index (χ0) is 8.22. The second-order valence-electron chi connectivity index (χ2n) is 4.02. The van der Waals surface area contributed by atoms with E-state index in [-0.39, 0.29) is 10.7 Å². The third-order valence-electron chi connectivity index (χ3n) is 2.40. The molecule has 0 aromatic rings. The largest absolute Gasteiger partial charge is 0.328 e. The predicted molar refractivity (Wildman–Crippen MR) is 46.3 cm³/mol. The number of rotatable bonds is 0. The maximum absolute atomic E-state index is 11.2. The smallest absolute Gasteiger partial charge is 0.229 e. The van der Waals surface area contributed by atoms with Crippen LogP contribution in [0.25, 0.3) is 0 Å². The molecule has 0 radical (unpaired) electrons. The van der Waals surface area contributed by atoms with E-state index in [4.69, 9.17) is 0 Å². The van der Waals surface area contributed by atoms with Crippen LogP contribution in [0.4, 0.5) is 0 Å². The fourth-order valence-corrected chi connectivity index (χ4v) is 3.30. The maximum atomic E-state index is 11.2. The van der Waals surface area contributed by atoms with E-state index in [2.05, 4.69) is 13.8 Å². The average Bonchev–Trinajstić information content (AvgIpc) is 2.23. The molecule has 2 fully saturated rings. The molecule has 0 N–H and O–H groups in total. The molecule has 0 spiro atoms. The standard InChI is InChI=1S/C8H13NOS/c1-5-6(10)9-4-8(2,3)11-7(5)9/h5,7H,4H2,1-3H3/t5-,7?/m1/s1. The highest BCUT2D eigenvalue weighted by molar-refractivity contribution is 8.01. The predicted octanol–water partition coefficient (Wildman–Crippen LogP) is 1.32. The Morgan fingerprint density at radius 1 is 1.64 bits per heavy atom. The molecule has 2 heterocycles. The average molecular weight is 171 g/mol. The highest BCUT2D eigenvalue weighted by atomic mass is 32.2. The Balaban J connectivity index is 2.15. The van der Waals surface area contributed by atoms with E-state index in [0.717, 1.165) is 6.54 Å². The first-order valence-electron chi connectivity index (χ1n) is 3.99. The Hall–Kier alpha value is -0.180. The summed E-state index contributed by atoms with van der Waals surface area (Å²) in [4.78, 5) is 13.2. The molecule has 0 aromatic heterocycles. The van der Waals surface area contributed by atoms with Crippen LogP contribution in [-0.2, 0) is 4.79 Å². The molecule has 2 aliphatic heterocycles. The van der Waals surface area contributed by atoms with Gasteiger partial charge in [-0.1, -0.05) is 6.92 Å². The van der Waals surface area contributed by atoms with E-state index < -0.39 is 0 Å². The Bertz CT molecular complexity index is 214. The summed E-state index contributed by atoms with van der Waals surface area (Å²) in [6, 6.07) is 0. The number of fused-ring (bicyclic) bond motifs is 1. The molecular weight excluding hydrogens is 158 g/mol. The van der Waals surface area contributed by atoms with Gasteiger partial charge in [-0.3, -0.25) is 4.79 Å². The van der Waals surface area contributed by atoms with Crippen LogP contribution in [0, 0.1) is 5.92 Å². The molecule has 2 aliphatic rings. The van der Waals surface area contributed by atoms with Crippen molar-refractivity contribution in [2.24, 2.45) is 5.92 Å². The minimum Gasteiger partial charge on any atom is -0.328 e. The monoisotopic (exact) mass is 171 g/mol. The summed E-state index contributed by atoms with van der Waals surface area (Å²) in [7, 11) is 0. The number of hydrogen-bond acceptors (Lipinski definition) is 2. The van der Waals surface area contributed by atoms with E-state index in [9.17, 15) is 4.79 Å². The number of thioether (sulfide) groups is 1. The molecule has 0 aliphatic carbocycles. The molecule has 0 bridgehead atoms. The number of amides is 1. The van der Waals surface area contributed by atoms with E-state index in [1.807, 2.05) is 23.6 Å².